The van der Waals surface area contributed by atoms with Crippen LogP contribution in [0.5, 0.6) is 0 Å². The van der Waals surface area contributed by atoms with Crippen LogP contribution in [0.4, 0.5) is 13.2 Å². The summed E-state index contributed by atoms with van der Waals surface area (Å²) in [5.74, 6) is 0.0449. The molecule has 3 N–H and O–H groups in total. The molecule has 0 aliphatic carbocycles. The number of hydrogen-bond acceptors (Lipinski definition) is 3. The van der Waals surface area contributed by atoms with Gasteiger partial charge in [-0.2, -0.15) is 13.2 Å². The number of alkyl halides is 3. The van der Waals surface area contributed by atoms with E-state index in [0.717, 1.165) is 0 Å². The molecule has 0 radical (unpaired) electrons. The van der Waals surface area contributed by atoms with Crippen molar-refractivity contribution in [3.8, 4) is 0 Å². The molecule has 0 atom stereocenters. The van der Waals surface area contributed by atoms with Crippen molar-refractivity contribution < 1.29 is 18.4 Å². The Kier molecular flexibility index (Phi) is 6.87. The maximum atomic E-state index is 12.2. The number of hydrogen-bond donors (Lipinski definition) is 2. The first-order chi connectivity index (χ1) is 7.39. The van der Waals surface area contributed by atoms with Gasteiger partial charge in [0.15, 0.2) is 0 Å². The van der Waals surface area contributed by atoms with Crippen LogP contribution in [0.25, 0.3) is 0 Å². The highest BCUT2D eigenvalue weighted by Gasteiger charge is 2.29. The van der Waals surface area contributed by atoms with Crippen LogP contribution in [-0.4, -0.2) is 41.8 Å². The van der Waals surface area contributed by atoms with Crippen molar-refractivity contribution in [1.82, 2.24) is 4.90 Å². The Morgan fingerprint density at radius 2 is 2.00 bits per heavy atom. The van der Waals surface area contributed by atoms with Gasteiger partial charge in [0.05, 0.1) is 6.54 Å². The molecule has 0 fully saturated rings. The average Bonchev–Trinajstić information content (AvgIpc) is 2.15. The van der Waals surface area contributed by atoms with Gasteiger partial charge in [-0.15, -0.1) is 0 Å². The van der Waals surface area contributed by atoms with Crippen molar-refractivity contribution in [2.45, 2.75) is 32.4 Å². The van der Waals surface area contributed by atoms with Gasteiger partial charge in [0.25, 0.3) is 0 Å². The molecule has 0 aromatic heterocycles. The molecule has 0 spiro atoms. The van der Waals surface area contributed by atoms with Crippen LogP contribution < -0.4 is 5.73 Å². The number of oxime groups is 1. The van der Waals surface area contributed by atoms with Crippen LogP contribution >= 0.6 is 0 Å². The van der Waals surface area contributed by atoms with Gasteiger partial charge in [0.2, 0.25) is 0 Å². The van der Waals surface area contributed by atoms with E-state index < -0.39 is 12.7 Å². The maximum Gasteiger partial charge on any atom is 0.401 e. The Morgan fingerprint density at radius 1 is 1.38 bits per heavy atom. The monoisotopic (exact) mass is 241 g/mol. The Balaban J connectivity index is 3.94. The Labute approximate surface area is 92.9 Å². The molecule has 0 aliphatic rings. The molecule has 0 amide bonds. The summed E-state index contributed by atoms with van der Waals surface area (Å²) in [6.07, 6.45) is -2.76. The summed E-state index contributed by atoms with van der Waals surface area (Å²) >= 11 is 0. The SMILES string of the molecule is CCCN(CCCC(N)=NO)CC(F)(F)F. The molecule has 0 bridgehead atoms. The predicted octanol–water partition coefficient (Wildman–Crippen LogP) is 1.79. The molecule has 7 heteroatoms. The van der Waals surface area contributed by atoms with Crippen LogP contribution in [-0.2, 0) is 0 Å². The van der Waals surface area contributed by atoms with Gasteiger partial charge < -0.3 is 10.9 Å². The zero-order chi connectivity index (χ0) is 12.6. The zero-order valence-corrected chi connectivity index (χ0v) is 9.30. The van der Waals surface area contributed by atoms with Crippen molar-refractivity contribution in [3.63, 3.8) is 0 Å². The van der Waals surface area contributed by atoms with E-state index in [-0.39, 0.29) is 5.84 Å². The third kappa shape index (κ3) is 8.34. The van der Waals surface area contributed by atoms with Crippen molar-refractivity contribution >= 4 is 5.84 Å². The lowest BCUT2D eigenvalue weighted by Crippen LogP contribution is -2.35. The average molecular weight is 241 g/mol. The fraction of sp³-hybridized carbons (Fsp3) is 0.889. The standard InChI is InChI=1S/C9H18F3N3O/c1-2-5-15(7-9(10,11)12)6-3-4-8(13)14-16/h16H,2-7H2,1H3,(H2,13,14). The smallest absolute Gasteiger partial charge is 0.401 e. The number of halogens is 3. The van der Waals surface area contributed by atoms with E-state index in [1.54, 1.807) is 0 Å². The molecule has 4 nitrogen and oxygen atoms in total. The van der Waals surface area contributed by atoms with E-state index in [0.29, 0.717) is 32.4 Å². The van der Waals surface area contributed by atoms with E-state index >= 15 is 0 Å². The summed E-state index contributed by atoms with van der Waals surface area (Å²) < 4.78 is 36.5. The lowest BCUT2D eigenvalue weighted by molar-refractivity contribution is -0.146. The van der Waals surface area contributed by atoms with Gasteiger partial charge in [0.1, 0.15) is 5.84 Å². The third-order valence-corrected chi connectivity index (χ3v) is 1.98. The molecule has 16 heavy (non-hydrogen) atoms. The molecule has 0 heterocycles. The minimum atomic E-state index is -4.17. The summed E-state index contributed by atoms with van der Waals surface area (Å²) in [4.78, 5) is 1.32. The van der Waals surface area contributed by atoms with E-state index in [9.17, 15) is 13.2 Å². The topological polar surface area (TPSA) is 61.8 Å². The van der Waals surface area contributed by atoms with Crippen LogP contribution in [0.3, 0.4) is 0 Å². The summed E-state index contributed by atoms with van der Waals surface area (Å²) in [6.45, 7) is 1.61. The predicted molar refractivity (Wildman–Crippen MR) is 55.4 cm³/mol. The molecule has 96 valence electrons. The highest BCUT2D eigenvalue weighted by molar-refractivity contribution is 5.79. The molecule has 0 saturated carbocycles. The first-order valence-electron chi connectivity index (χ1n) is 5.14. The van der Waals surface area contributed by atoms with Gasteiger partial charge in [-0.3, -0.25) is 4.90 Å². The number of nitrogens with zero attached hydrogens (tertiary/aromatic N) is 2. The number of rotatable bonds is 7. The summed E-state index contributed by atoms with van der Waals surface area (Å²) in [7, 11) is 0. The quantitative estimate of drug-likeness (QED) is 0.309. The second-order valence-corrected chi connectivity index (χ2v) is 3.59. The van der Waals surface area contributed by atoms with Gasteiger partial charge in [0, 0.05) is 6.42 Å². The summed E-state index contributed by atoms with van der Waals surface area (Å²) in [5, 5.41) is 11.0. The fourth-order valence-electron chi connectivity index (χ4n) is 1.37. The van der Waals surface area contributed by atoms with Crippen molar-refractivity contribution in [2.75, 3.05) is 19.6 Å². The van der Waals surface area contributed by atoms with Crippen molar-refractivity contribution in [1.29, 1.82) is 0 Å². The normalized spacial score (nSPS) is 13.4. The zero-order valence-electron chi connectivity index (χ0n) is 9.30. The Morgan fingerprint density at radius 3 is 2.44 bits per heavy atom. The van der Waals surface area contributed by atoms with Crippen LogP contribution in [0.2, 0.25) is 0 Å². The Bertz CT molecular complexity index is 219. The van der Waals surface area contributed by atoms with Crippen LogP contribution in [0.1, 0.15) is 26.2 Å². The first kappa shape index (κ1) is 15.0. The first-order valence-corrected chi connectivity index (χ1v) is 5.14. The highest BCUT2D eigenvalue weighted by atomic mass is 19.4. The van der Waals surface area contributed by atoms with E-state index in [4.69, 9.17) is 10.9 Å². The second kappa shape index (κ2) is 7.32. The van der Waals surface area contributed by atoms with Gasteiger partial charge in [-0.25, -0.2) is 0 Å². The van der Waals surface area contributed by atoms with Crippen molar-refractivity contribution in [2.24, 2.45) is 10.9 Å². The van der Waals surface area contributed by atoms with Crippen molar-refractivity contribution in [3.05, 3.63) is 0 Å². The number of amidine groups is 1. The lowest BCUT2D eigenvalue weighted by Gasteiger charge is -2.22. The van der Waals surface area contributed by atoms with Gasteiger partial charge in [-0.05, 0) is 25.9 Å². The van der Waals surface area contributed by atoms with Gasteiger partial charge >= 0.3 is 6.18 Å². The van der Waals surface area contributed by atoms with Gasteiger partial charge in [-0.1, -0.05) is 12.1 Å². The fourth-order valence-corrected chi connectivity index (χ4v) is 1.37. The molecule has 0 rings (SSSR count). The third-order valence-electron chi connectivity index (χ3n) is 1.98. The highest BCUT2D eigenvalue weighted by Crippen LogP contribution is 2.16. The molecular formula is C9H18F3N3O. The molecule has 0 saturated heterocycles. The maximum absolute atomic E-state index is 12.2. The minimum Gasteiger partial charge on any atom is -0.409 e. The molecule has 0 aromatic carbocycles. The van der Waals surface area contributed by atoms with Crippen LogP contribution in [0.15, 0.2) is 5.16 Å². The Hall–Kier alpha value is -0.980. The second-order valence-electron chi connectivity index (χ2n) is 3.59. The van der Waals surface area contributed by atoms with E-state index in [1.165, 1.54) is 4.90 Å². The van der Waals surface area contributed by atoms with E-state index in [1.807, 2.05) is 6.92 Å². The lowest BCUT2D eigenvalue weighted by atomic mass is 10.2. The molecule has 0 aliphatic heterocycles. The molecular weight excluding hydrogens is 223 g/mol. The summed E-state index contributed by atoms with van der Waals surface area (Å²) in [6, 6.07) is 0. The van der Waals surface area contributed by atoms with Crippen LogP contribution in [0, 0.1) is 0 Å². The molecule has 0 unspecified atom stereocenters. The largest absolute Gasteiger partial charge is 0.409 e. The summed E-state index contributed by atoms with van der Waals surface area (Å²) in [5.41, 5.74) is 5.22. The van der Waals surface area contributed by atoms with E-state index in [2.05, 4.69) is 5.16 Å². The molecule has 0 aromatic rings. The minimum absolute atomic E-state index is 0.0449. The number of nitrogens with two attached hydrogens (primary N) is 1.